The molecule has 0 spiro atoms. The first kappa shape index (κ1) is 14.6. The zero-order chi connectivity index (χ0) is 12.6. The fourth-order valence-corrected chi connectivity index (χ4v) is 1.48. The summed E-state index contributed by atoms with van der Waals surface area (Å²) < 4.78 is 0. The number of hydrogen-bond acceptors (Lipinski definition) is 1. The van der Waals surface area contributed by atoms with Gasteiger partial charge in [-0.3, -0.25) is 4.99 Å². The van der Waals surface area contributed by atoms with E-state index in [9.17, 15) is 0 Å². The van der Waals surface area contributed by atoms with Crippen LogP contribution in [0.15, 0.2) is 53.2 Å². The summed E-state index contributed by atoms with van der Waals surface area (Å²) in [7, 11) is 0. The summed E-state index contributed by atoms with van der Waals surface area (Å²) >= 11 is 0. The van der Waals surface area contributed by atoms with Crippen molar-refractivity contribution >= 4 is 5.71 Å². The van der Waals surface area contributed by atoms with E-state index in [2.05, 4.69) is 25.1 Å². The van der Waals surface area contributed by atoms with Gasteiger partial charge in [0.15, 0.2) is 0 Å². The monoisotopic (exact) mass is 217 g/mol. The third-order valence-electron chi connectivity index (χ3n) is 2.28. The van der Waals surface area contributed by atoms with E-state index in [-0.39, 0.29) is 0 Å². The van der Waals surface area contributed by atoms with E-state index in [0.717, 1.165) is 35.3 Å². The molecule has 0 heterocycles. The molecule has 0 fully saturated rings. The third kappa shape index (κ3) is 5.50. The molecular formula is C15H23N. The molecule has 0 saturated heterocycles. The van der Waals surface area contributed by atoms with E-state index in [4.69, 9.17) is 0 Å². The van der Waals surface area contributed by atoms with Gasteiger partial charge in [0, 0.05) is 11.9 Å². The van der Waals surface area contributed by atoms with E-state index in [0.29, 0.717) is 0 Å². The molecule has 0 saturated carbocycles. The zero-order valence-corrected chi connectivity index (χ0v) is 11.0. The van der Waals surface area contributed by atoms with Crippen LogP contribution in [0, 0.1) is 0 Å². The molecule has 1 nitrogen and oxygen atoms in total. The van der Waals surface area contributed by atoms with E-state index < -0.39 is 0 Å². The van der Waals surface area contributed by atoms with Gasteiger partial charge in [-0.1, -0.05) is 38.2 Å². The molecule has 0 aromatic carbocycles. The fourth-order valence-electron chi connectivity index (χ4n) is 1.48. The molecule has 0 radical (unpaired) electrons. The summed E-state index contributed by atoms with van der Waals surface area (Å²) in [5.41, 5.74) is 4.25. The molecule has 0 rings (SSSR count). The number of nitrogens with zero attached hydrogens (tertiary/aromatic N) is 1. The second-order valence-corrected chi connectivity index (χ2v) is 3.94. The highest BCUT2D eigenvalue weighted by Crippen LogP contribution is 2.16. The number of hydrogen-bond donors (Lipinski definition) is 0. The summed E-state index contributed by atoms with van der Waals surface area (Å²) in [5, 5.41) is 0. The predicted molar refractivity (Wildman–Crippen MR) is 74.9 cm³/mol. The number of rotatable bonds is 6. The Balaban J connectivity index is 4.51. The van der Waals surface area contributed by atoms with Gasteiger partial charge in [-0.2, -0.15) is 0 Å². The zero-order valence-electron chi connectivity index (χ0n) is 11.0. The summed E-state index contributed by atoms with van der Waals surface area (Å²) in [4.78, 5) is 4.35. The Morgan fingerprint density at radius 1 is 1.25 bits per heavy atom. The van der Waals surface area contributed by atoms with Crippen LogP contribution in [0.3, 0.4) is 0 Å². The van der Waals surface area contributed by atoms with Gasteiger partial charge in [0.05, 0.1) is 0 Å². The van der Waals surface area contributed by atoms with Gasteiger partial charge in [-0.25, -0.2) is 0 Å². The molecule has 0 aliphatic heterocycles. The molecular weight excluding hydrogens is 194 g/mol. The molecule has 0 amide bonds. The van der Waals surface area contributed by atoms with Gasteiger partial charge >= 0.3 is 0 Å². The molecule has 0 unspecified atom stereocenters. The highest BCUT2D eigenvalue weighted by molar-refractivity contribution is 5.82. The molecule has 16 heavy (non-hydrogen) atoms. The number of aliphatic imine (C=N–C) groups is 1. The smallest absolute Gasteiger partial charge is 0.0273 e. The van der Waals surface area contributed by atoms with Crippen molar-refractivity contribution in [1.82, 2.24) is 0 Å². The fraction of sp³-hybridized carbons (Fsp3) is 0.400. The van der Waals surface area contributed by atoms with Crippen molar-refractivity contribution in [3.05, 3.63) is 48.2 Å². The minimum atomic E-state index is 0.961. The predicted octanol–water partition coefficient (Wildman–Crippen LogP) is 4.84. The first-order chi connectivity index (χ1) is 7.52. The van der Waals surface area contributed by atoms with Crippen molar-refractivity contribution in [3.8, 4) is 0 Å². The van der Waals surface area contributed by atoms with Crippen LogP contribution < -0.4 is 0 Å². The van der Waals surface area contributed by atoms with Crippen LogP contribution in [0.1, 0.15) is 40.5 Å². The standard InChI is InChI=1S/C15H23N/c1-7-9-14(6)16-11-10-13(5)15(8-2)12(3)4/h8,10-11H,3,5,7,9H2,1-2,4,6H3/b11-10-,15-8+,16-14+. The molecule has 0 N–H and O–H groups in total. The van der Waals surface area contributed by atoms with Crippen LogP contribution in [0.2, 0.25) is 0 Å². The highest BCUT2D eigenvalue weighted by atomic mass is 14.7. The maximum atomic E-state index is 4.35. The topological polar surface area (TPSA) is 12.4 Å². The van der Waals surface area contributed by atoms with Crippen molar-refractivity contribution in [3.63, 3.8) is 0 Å². The summed E-state index contributed by atoms with van der Waals surface area (Å²) in [5.74, 6) is 0. The van der Waals surface area contributed by atoms with Crippen LogP contribution in [-0.4, -0.2) is 5.71 Å². The average Bonchev–Trinajstić information content (AvgIpc) is 2.18. The van der Waals surface area contributed by atoms with Crippen LogP contribution >= 0.6 is 0 Å². The molecule has 0 atom stereocenters. The Labute approximate surface area is 100.0 Å². The molecule has 1 heteroatoms. The van der Waals surface area contributed by atoms with Gasteiger partial charge < -0.3 is 0 Å². The van der Waals surface area contributed by atoms with Crippen molar-refractivity contribution < 1.29 is 0 Å². The molecule has 0 bridgehead atoms. The molecule has 88 valence electrons. The van der Waals surface area contributed by atoms with Crippen LogP contribution in [0.4, 0.5) is 0 Å². The maximum Gasteiger partial charge on any atom is 0.0273 e. The summed E-state index contributed by atoms with van der Waals surface area (Å²) in [6.45, 7) is 16.1. The average molecular weight is 217 g/mol. The van der Waals surface area contributed by atoms with E-state index in [1.807, 2.05) is 39.1 Å². The van der Waals surface area contributed by atoms with Crippen LogP contribution in [0.5, 0.6) is 0 Å². The SMILES string of the molecule is C=C(C)/C(=C\C)C(=C)/C=C\N=C(/C)CCC. The number of allylic oxidation sites excluding steroid dienone is 5. The van der Waals surface area contributed by atoms with Crippen molar-refractivity contribution in [2.45, 2.75) is 40.5 Å². The maximum absolute atomic E-state index is 4.35. The van der Waals surface area contributed by atoms with Gasteiger partial charge in [0.1, 0.15) is 0 Å². The van der Waals surface area contributed by atoms with E-state index >= 15 is 0 Å². The molecule has 0 aromatic rings. The van der Waals surface area contributed by atoms with Crippen molar-refractivity contribution in [1.29, 1.82) is 0 Å². The van der Waals surface area contributed by atoms with E-state index in [1.54, 1.807) is 0 Å². The van der Waals surface area contributed by atoms with Gasteiger partial charge in [-0.05, 0) is 44.4 Å². The molecule has 0 aliphatic rings. The third-order valence-corrected chi connectivity index (χ3v) is 2.28. The normalized spacial score (nSPS) is 13.2. The lowest BCUT2D eigenvalue weighted by Crippen LogP contribution is -1.88. The quantitative estimate of drug-likeness (QED) is 0.446. The second kappa shape index (κ2) is 7.86. The lowest BCUT2D eigenvalue weighted by Gasteiger charge is -2.04. The summed E-state index contributed by atoms with van der Waals surface area (Å²) in [6, 6.07) is 0. The molecule has 0 aliphatic carbocycles. The Bertz CT molecular complexity index is 340. The Morgan fingerprint density at radius 2 is 1.88 bits per heavy atom. The Morgan fingerprint density at radius 3 is 2.31 bits per heavy atom. The van der Waals surface area contributed by atoms with Crippen LogP contribution in [0.25, 0.3) is 0 Å². The highest BCUT2D eigenvalue weighted by Gasteiger charge is 1.98. The first-order valence-electron chi connectivity index (χ1n) is 5.74. The van der Waals surface area contributed by atoms with E-state index in [1.165, 1.54) is 0 Å². The van der Waals surface area contributed by atoms with Gasteiger partial charge in [0.25, 0.3) is 0 Å². The van der Waals surface area contributed by atoms with Crippen LogP contribution in [-0.2, 0) is 0 Å². The van der Waals surface area contributed by atoms with Crippen molar-refractivity contribution in [2.75, 3.05) is 0 Å². The molecule has 0 aromatic heterocycles. The minimum absolute atomic E-state index is 0.961. The Kier molecular flexibility index (Phi) is 7.19. The van der Waals surface area contributed by atoms with Gasteiger partial charge in [-0.15, -0.1) is 0 Å². The van der Waals surface area contributed by atoms with Crippen molar-refractivity contribution in [2.24, 2.45) is 4.99 Å². The Hall–Kier alpha value is -1.37. The largest absolute Gasteiger partial charge is 0.266 e. The lowest BCUT2D eigenvalue weighted by molar-refractivity contribution is 0.987. The summed E-state index contributed by atoms with van der Waals surface area (Å²) in [6.07, 6.45) is 7.96. The van der Waals surface area contributed by atoms with Gasteiger partial charge in [0.2, 0.25) is 0 Å². The minimum Gasteiger partial charge on any atom is -0.266 e. The lowest BCUT2D eigenvalue weighted by atomic mass is 10.0. The second-order valence-electron chi connectivity index (χ2n) is 3.94. The first-order valence-corrected chi connectivity index (χ1v) is 5.74.